The van der Waals surface area contributed by atoms with Crippen LogP contribution in [0, 0.1) is 0 Å². The SMILES string of the molecule is CCOCCOc1cc(CCl)cc(CC)n1. The topological polar surface area (TPSA) is 31.4 Å². The van der Waals surface area contributed by atoms with E-state index in [1.165, 1.54) is 0 Å². The molecule has 0 aliphatic heterocycles. The van der Waals surface area contributed by atoms with Crippen molar-refractivity contribution in [1.29, 1.82) is 0 Å². The minimum absolute atomic E-state index is 0.483. The van der Waals surface area contributed by atoms with Gasteiger partial charge in [0.05, 0.1) is 6.61 Å². The van der Waals surface area contributed by atoms with Crippen molar-refractivity contribution >= 4 is 11.6 Å². The highest BCUT2D eigenvalue weighted by Gasteiger charge is 2.02. The summed E-state index contributed by atoms with van der Waals surface area (Å²) in [4.78, 5) is 4.36. The summed E-state index contributed by atoms with van der Waals surface area (Å²) >= 11 is 5.80. The Bertz CT molecular complexity index is 296. The molecule has 0 unspecified atom stereocenters. The third kappa shape index (κ3) is 4.37. The first-order valence-electron chi connectivity index (χ1n) is 5.56. The van der Waals surface area contributed by atoms with Crippen molar-refractivity contribution < 1.29 is 9.47 Å². The average molecular weight is 244 g/mol. The molecule has 0 aromatic carbocycles. The number of ether oxygens (including phenoxy) is 2. The van der Waals surface area contributed by atoms with Gasteiger partial charge in [0.2, 0.25) is 5.88 Å². The monoisotopic (exact) mass is 243 g/mol. The average Bonchev–Trinajstić information content (AvgIpc) is 2.34. The lowest BCUT2D eigenvalue weighted by molar-refractivity contribution is 0.108. The summed E-state index contributed by atoms with van der Waals surface area (Å²) in [6.07, 6.45) is 0.881. The molecule has 16 heavy (non-hydrogen) atoms. The van der Waals surface area contributed by atoms with Gasteiger partial charge in [0, 0.05) is 24.2 Å². The van der Waals surface area contributed by atoms with Crippen molar-refractivity contribution in [3.63, 3.8) is 0 Å². The Kier molecular flexibility index (Phi) is 6.19. The van der Waals surface area contributed by atoms with Crippen LogP contribution in [0.25, 0.3) is 0 Å². The molecule has 0 saturated carbocycles. The number of pyridine rings is 1. The molecule has 0 atom stereocenters. The van der Waals surface area contributed by atoms with Gasteiger partial charge < -0.3 is 9.47 Å². The van der Waals surface area contributed by atoms with E-state index in [4.69, 9.17) is 21.1 Å². The third-order valence-electron chi connectivity index (χ3n) is 2.11. The van der Waals surface area contributed by atoms with Crippen molar-refractivity contribution in [1.82, 2.24) is 4.98 Å². The molecule has 0 aliphatic rings. The summed E-state index contributed by atoms with van der Waals surface area (Å²) < 4.78 is 10.7. The van der Waals surface area contributed by atoms with Gasteiger partial charge in [0.15, 0.2) is 0 Å². The molecule has 1 rings (SSSR count). The van der Waals surface area contributed by atoms with Gasteiger partial charge >= 0.3 is 0 Å². The van der Waals surface area contributed by atoms with Crippen molar-refractivity contribution in [2.45, 2.75) is 26.1 Å². The molecule has 90 valence electrons. The first-order chi connectivity index (χ1) is 7.80. The predicted octanol–water partition coefficient (Wildman–Crippen LogP) is 2.80. The molecule has 3 nitrogen and oxygen atoms in total. The Morgan fingerprint density at radius 1 is 1.25 bits per heavy atom. The number of nitrogens with zero attached hydrogens (tertiary/aromatic N) is 1. The molecule has 0 amide bonds. The lowest BCUT2D eigenvalue weighted by Gasteiger charge is -2.08. The van der Waals surface area contributed by atoms with Gasteiger partial charge in [-0.3, -0.25) is 0 Å². The van der Waals surface area contributed by atoms with Crippen molar-refractivity contribution in [3.05, 3.63) is 23.4 Å². The summed E-state index contributed by atoms with van der Waals surface area (Å²) in [6.45, 7) is 5.84. The Morgan fingerprint density at radius 3 is 2.69 bits per heavy atom. The van der Waals surface area contributed by atoms with Crippen LogP contribution in [-0.2, 0) is 17.0 Å². The molecule has 4 heteroatoms. The fourth-order valence-electron chi connectivity index (χ4n) is 1.30. The van der Waals surface area contributed by atoms with Crippen LogP contribution in [0.5, 0.6) is 5.88 Å². The molecule has 1 aromatic rings. The van der Waals surface area contributed by atoms with Crippen molar-refractivity contribution in [2.75, 3.05) is 19.8 Å². The Labute approximate surface area is 102 Å². The number of alkyl halides is 1. The summed E-state index contributed by atoms with van der Waals surface area (Å²) in [6, 6.07) is 3.88. The van der Waals surface area contributed by atoms with Gasteiger partial charge in [-0.1, -0.05) is 6.92 Å². The predicted molar refractivity (Wildman–Crippen MR) is 65.2 cm³/mol. The lowest BCUT2D eigenvalue weighted by atomic mass is 10.2. The minimum atomic E-state index is 0.483. The summed E-state index contributed by atoms with van der Waals surface area (Å²) in [5.74, 6) is 1.12. The van der Waals surface area contributed by atoms with E-state index >= 15 is 0 Å². The van der Waals surface area contributed by atoms with Gasteiger partial charge in [-0.2, -0.15) is 0 Å². The third-order valence-corrected chi connectivity index (χ3v) is 2.42. The number of aryl methyl sites for hydroxylation is 1. The minimum Gasteiger partial charge on any atom is -0.475 e. The molecule has 0 spiro atoms. The van der Waals surface area contributed by atoms with Crippen LogP contribution in [0.2, 0.25) is 0 Å². The molecule has 1 aromatic heterocycles. The van der Waals surface area contributed by atoms with Crippen LogP contribution in [0.4, 0.5) is 0 Å². The van der Waals surface area contributed by atoms with Crippen LogP contribution < -0.4 is 4.74 Å². The molecule has 1 heterocycles. The number of hydrogen-bond acceptors (Lipinski definition) is 3. The molecule has 0 radical (unpaired) electrons. The maximum absolute atomic E-state index is 5.80. The quantitative estimate of drug-likeness (QED) is 0.545. The van der Waals surface area contributed by atoms with Crippen LogP contribution in [0.3, 0.4) is 0 Å². The lowest BCUT2D eigenvalue weighted by Crippen LogP contribution is -2.08. The highest BCUT2D eigenvalue weighted by molar-refractivity contribution is 6.17. The smallest absolute Gasteiger partial charge is 0.213 e. The highest BCUT2D eigenvalue weighted by Crippen LogP contribution is 2.15. The second-order valence-electron chi connectivity index (χ2n) is 3.34. The zero-order valence-electron chi connectivity index (χ0n) is 9.83. The van der Waals surface area contributed by atoms with Crippen LogP contribution in [0.15, 0.2) is 12.1 Å². The number of rotatable bonds is 7. The van der Waals surface area contributed by atoms with Gasteiger partial charge in [-0.05, 0) is 25.0 Å². The Balaban J connectivity index is 2.57. The van der Waals surface area contributed by atoms with E-state index in [-0.39, 0.29) is 0 Å². The Morgan fingerprint density at radius 2 is 2.06 bits per heavy atom. The van der Waals surface area contributed by atoms with Crippen LogP contribution in [0.1, 0.15) is 25.1 Å². The summed E-state index contributed by atoms with van der Waals surface area (Å²) in [5.41, 5.74) is 2.05. The van der Waals surface area contributed by atoms with Gasteiger partial charge in [-0.15, -0.1) is 11.6 Å². The summed E-state index contributed by atoms with van der Waals surface area (Å²) in [5, 5.41) is 0. The largest absolute Gasteiger partial charge is 0.475 e. The van der Waals surface area contributed by atoms with E-state index in [9.17, 15) is 0 Å². The van der Waals surface area contributed by atoms with Gasteiger partial charge in [0.1, 0.15) is 6.61 Å². The van der Waals surface area contributed by atoms with Crippen molar-refractivity contribution in [3.8, 4) is 5.88 Å². The van der Waals surface area contributed by atoms with Crippen LogP contribution in [-0.4, -0.2) is 24.8 Å². The normalized spacial score (nSPS) is 10.4. The van der Waals surface area contributed by atoms with E-state index in [1.54, 1.807) is 0 Å². The fraction of sp³-hybridized carbons (Fsp3) is 0.583. The van der Waals surface area contributed by atoms with E-state index in [0.717, 1.165) is 17.7 Å². The second kappa shape index (κ2) is 7.47. The maximum Gasteiger partial charge on any atom is 0.213 e. The van der Waals surface area contributed by atoms with Crippen LogP contribution >= 0.6 is 11.6 Å². The molecule has 0 N–H and O–H groups in total. The first-order valence-corrected chi connectivity index (χ1v) is 6.10. The highest BCUT2D eigenvalue weighted by atomic mass is 35.5. The zero-order chi connectivity index (χ0) is 11.8. The van der Waals surface area contributed by atoms with E-state index < -0.39 is 0 Å². The number of aromatic nitrogens is 1. The molecular weight excluding hydrogens is 226 g/mol. The van der Waals surface area contributed by atoms with Gasteiger partial charge in [0.25, 0.3) is 0 Å². The van der Waals surface area contributed by atoms with Gasteiger partial charge in [-0.25, -0.2) is 4.98 Å². The first kappa shape index (κ1) is 13.3. The second-order valence-corrected chi connectivity index (χ2v) is 3.60. The maximum atomic E-state index is 5.80. The standard InChI is InChI=1S/C12H18ClNO2/c1-3-11-7-10(9-13)8-12(14-11)16-6-5-15-4-2/h7-8H,3-6,9H2,1-2H3. The molecule has 0 aliphatic carbocycles. The molecular formula is C12H18ClNO2. The Hall–Kier alpha value is -0.800. The zero-order valence-corrected chi connectivity index (χ0v) is 10.6. The molecule has 0 saturated heterocycles. The van der Waals surface area contributed by atoms with E-state index in [2.05, 4.69) is 11.9 Å². The summed E-state index contributed by atoms with van der Waals surface area (Å²) in [7, 11) is 0. The number of hydrogen-bond donors (Lipinski definition) is 0. The van der Waals surface area contributed by atoms with E-state index in [1.807, 2.05) is 19.1 Å². The molecule has 0 bridgehead atoms. The molecule has 0 fully saturated rings. The fourth-order valence-corrected chi connectivity index (χ4v) is 1.46. The van der Waals surface area contributed by atoms with E-state index in [0.29, 0.717) is 31.6 Å². The number of halogens is 1. The van der Waals surface area contributed by atoms with Crippen molar-refractivity contribution in [2.24, 2.45) is 0 Å².